The van der Waals surface area contributed by atoms with E-state index in [1.807, 2.05) is 0 Å². The van der Waals surface area contributed by atoms with Crippen LogP contribution in [0.3, 0.4) is 0 Å². The van der Waals surface area contributed by atoms with Crippen molar-refractivity contribution in [1.82, 2.24) is 0 Å². The average molecular weight is 423 g/mol. The van der Waals surface area contributed by atoms with Crippen molar-refractivity contribution in [3.63, 3.8) is 0 Å². The number of carbonyl (C=O) groups excluding carboxylic acids is 1. The molecule has 2 aliphatic carbocycles. The summed E-state index contributed by atoms with van der Waals surface area (Å²) in [6, 6.07) is 0. The third-order valence-electron chi connectivity index (χ3n) is 7.93. The molecule has 3 aliphatic rings. The van der Waals surface area contributed by atoms with E-state index in [0.29, 0.717) is 11.8 Å². The van der Waals surface area contributed by atoms with Crippen LogP contribution in [0.15, 0.2) is 0 Å². The quantitative estimate of drug-likeness (QED) is 0.308. The van der Waals surface area contributed by atoms with Gasteiger partial charge in [-0.15, -0.1) is 0 Å². The van der Waals surface area contributed by atoms with Crippen molar-refractivity contribution in [3.05, 3.63) is 0 Å². The molecule has 3 atom stereocenters. The SMILES string of the molecule is CCCCCC1COC(C2CCC(C(=O)OC3CCC(CCC)CC3)CC2)OC1C. The Labute approximate surface area is 184 Å². The highest BCUT2D eigenvalue weighted by Crippen LogP contribution is 2.37. The fourth-order valence-electron chi connectivity index (χ4n) is 5.77. The summed E-state index contributed by atoms with van der Waals surface area (Å²) < 4.78 is 18.3. The van der Waals surface area contributed by atoms with Gasteiger partial charge < -0.3 is 14.2 Å². The molecule has 4 heteroatoms. The first-order valence-electron chi connectivity index (χ1n) is 13.1. The van der Waals surface area contributed by atoms with Crippen molar-refractivity contribution in [2.75, 3.05) is 6.61 Å². The summed E-state index contributed by atoms with van der Waals surface area (Å²) in [6.45, 7) is 7.55. The third-order valence-corrected chi connectivity index (χ3v) is 7.93. The van der Waals surface area contributed by atoms with Crippen molar-refractivity contribution in [1.29, 1.82) is 0 Å². The third kappa shape index (κ3) is 6.95. The van der Waals surface area contributed by atoms with E-state index in [-0.39, 0.29) is 30.4 Å². The second-order valence-corrected chi connectivity index (χ2v) is 10.3. The molecular formula is C26H46O4. The van der Waals surface area contributed by atoms with Gasteiger partial charge in [-0.2, -0.15) is 0 Å². The maximum absolute atomic E-state index is 12.7. The summed E-state index contributed by atoms with van der Waals surface area (Å²) in [5.74, 6) is 1.95. The van der Waals surface area contributed by atoms with Crippen LogP contribution in [0.5, 0.6) is 0 Å². The van der Waals surface area contributed by atoms with Crippen LogP contribution in [0.2, 0.25) is 0 Å². The normalized spacial score (nSPS) is 37.6. The molecule has 0 aromatic rings. The van der Waals surface area contributed by atoms with Gasteiger partial charge in [0.2, 0.25) is 0 Å². The Morgan fingerprint density at radius 2 is 1.63 bits per heavy atom. The van der Waals surface area contributed by atoms with E-state index < -0.39 is 0 Å². The minimum atomic E-state index is -0.0757. The number of carbonyl (C=O) groups is 1. The molecule has 1 aliphatic heterocycles. The molecule has 0 aromatic heterocycles. The van der Waals surface area contributed by atoms with E-state index in [4.69, 9.17) is 14.2 Å². The number of unbranched alkanes of at least 4 members (excludes halogenated alkanes) is 2. The zero-order chi connectivity index (χ0) is 21.3. The molecular weight excluding hydrogens is 376 g/mol. The summed E-state index contributed by atoms with van der Waals surface area (Å²) in [5.41, 5.74) is 0. The van der Waals surface area contributed by atoms with Crippen LogP contribution in [0.25, 0.3) is 0 Å². The number of hydrogen-bond acceptors (Lipinski definition) is 4. The molecule has 0 radical (unpaired) electrons. The van der Waals surface area contributed by atoms with Crippen LogP contribution in [0, 0.1) is 23.7 Å². The zero-order valence-electron chi connectivity index (χ0n) is 19.8. The van der Waals surface area contributed by atoms with Gasteiger partial charge in [-0.3, -0.25) is 4.79 Å². The molecule has 174 valence electrons. The first-order valence-corrected chi connectivity index (χ1v) is 13.1. The minimum absolute atomic E-state index is 0.0576. The van der Waals surface area contributed by atoms with Crippen LogP contribution >= 0.6 is 0 Å². The molecule has 0 amide bonds. The van der Waals surface area contributed by atoms with Gasteiger partial charge in [0.25, 0.3) is 0 Å². The van der Waals surface area contributed by atoms with Crippen molar-refractivity contribution < 1.29 is 19.0 Å². The van der Waals surface area contributed by atoms with Gasteiger partial charge >= 0.3 is 5.97 Å². The second kappa shape index (κ2) is 12.4. The van der Waals surface area contributed by atoms with Crippen molar-refractivity contribution in [3.8, 4) is 0 Å². The fourth-order valence-corrected chi connectivity index (χ4v) is 5.77. The van der Waals surface area contributed by atoms with Crippen LogP contribution in [0.4, 0.5) is 0 Å². The second-order valence-electron chi connectivity index (χ2n) is 10.3. The number of esters is 1. The van der Waals surface area contributed by atoms with Crippen LogP contribution in [-0.4, -0.2) is 31.1 Å². The predicted molar refractivity (Wildman–Crippen MR) is 120 cm³/mol. The standard InChI is InChI=1S/C26H46O4/c1-4-6-7-9-23-18-28-26(29-19(23)3)22-14-12-21(13-15-22)25(27)30-24-16-10-20(8-5-2)11-17-24/h19-24,26H,4-18H2,1-3H3. The molecule has 1 saturated heterocycles. The Morgan fingerprint density at radius 1 is 0.900 bits per heavy atom. The maximum Gasteiger partial charge on any atom is 0.309 e. The lowest BCUT2D eigenvalue weighted by Crippen LogP contribution is -2.43. The molecule has 0 bridgehead atoms. The molecule has 3 rings (SSSR count). The molecule has 4 nitrogen and oxygen atoms in total. The summed E-state index contributed by atoms with van der Waals surface area (Å²) in [7, 11) is 0. The van der Waals surface area contributed by atoms with E-state index in [0.717, 1.165) is 51.0 Å². The fraction of sp³-hybridized carbons (Fsp3) is 0.962. The predicted octanol–water partition coefficient (Wildman–Crippen LogP) is 6.65. The lowest BCUT2D eigenvalue weighted by molar-refractivity contribution is -0.257. The van der Waals surface area contributed by atoms with Crippen molar-refractivity contribution in [2.24, 2.45) is 23.7 Å². The Balaban J connectivity index is 1.34. The summed E-state index contributed by atoms with van der Waals surface area (Å²) in [4.78, 5) is 12.7. The highest BCUT2D eigenvalue weighted by molar-refractivity contribution is 5.72. The largest absolute Gasteiger partial charge is 0.462 e. The van der Waals surface area contributed by atoms with E-state index >= 15 is 0 Å². The summed E-state index contributed by atoms with van der Waals surface area (Å²) in [5, 5.41) is 0. The zero-order valence-corrected chi connectivity index (χ0v) is 19.8. The van der Waals surface area contributed by atoms with Gasteiger partial charge in [-0.05, 0) is 70.6 Å². The molecule has 3 fully saturated rings. The highest BCUT2D eigenvalue weighted by atomic mass is 16.7. The molecule has 0 aromatic carbocycles. The topological polar surface area (TPSA) is 44.8 Å². The van der Waals surface area contributed by atoms with Crippen LogP contribution in [0.1, 0.15) is 111 Å². The summed E-state index contributed by atoms with van der Waals surface area (Å²) >= 11 is 0. The first kappa shape index (κ1) is 24.0. The molecule has 0 spiro atoms. The van der Waals surface area contributed by atoms with Gasteiger partial charge in [0.1, 0.15) is 6.10 Å². The molecule has 30 heavy (non-hydrogen) atoms. The van der Waals surface area contributed by atoms with Gasteiger partial charge in [0.15, 0.2) is 6.29 Å². The van der Waals surface area contributed by atoms with Gasteiger partial charge in [-0.25, -0.2) is 0 Å². The minimum Gasteiger partial charge on any atom is -0.462 e. The van der Waals surface area contributed by atoms with E-state index in [1.54, 1.807) is 0 Å². The van der Waals surface area contributed by atoms with Crippen LogP contribution < -0.4 is 0 Å². The van der Waals surface area contributed by atoms with Crippen LogP contribution in [-0.2, 0) is 19.0 Å². The van der Waals surface area contributed by atoms with Crippen molar-refractivity contribution in [2.45, 2.75) is 129 Å². The van der Waals surface area contributed by atoms with Gasteiger partial charge in [-0.1, -0.05) is 46.0 Å². The number of ether oxygens (including phenoxy) is 3. The first-order chi connectivity index (χ1) is 14.6. The average Bonchev–Trinajstić information content (AvgIpc) is 2.76. The van der Waals surface area contributed by atoms with Gasteiger partial charge in [0.05, 0.1) is 18.6 Å². The summed E-state index contributed by atoms with van der Waals surface area (Å²) in [6.07, 6.45) is 16.5. The lowest BCUT2D eigenvalue weighted by atomic mass is 9.81. The Kier molecular flexibility index (Phi) is 9.96. The highest BCUT2D eigenvalue weighted by Gasteiger charge is 2.37. The molecule has 1 heterocycles. The Morgan fingerprint density at radius 3 is 2.27 bits per heavy atom. The van der Waals surface area contributed by atoms with E-state index in [1.165, 1.54) is 51.4 Å². The smallest absolute Gasteiger partial charge is 0.309 e. The Bertz CT molecular complexity index is 491. The van der Waals surface area contributed by atoms with Crippen molar-refractivity contribution >= 4 is 5.97 Å². The molecule has 0 N–H and O–H groups in total. The molecule has 2 saturated carbocycles. The number of rotatable bonds is 9. The maximum atomic E-state index is 12.7. The molecule has 3 unspecified atom stereocenters. The monoisotopic (exact) mass is 422 g/mol. The van der Waals surface area contributed by atoms with E-state index in [9.17, 15) is 4.79 Å². The lowest BCUT2D eigenvalue weighted by Gasteiger charge is -2.40. The van der Waals surface area contributed by atoms with E-state index in [2.05, 4.69) is 20.8 Å². The number of hydrogen-bond donors (Lipinski definition) is 0. The van der Waals surface area contributed by atoms with Gasteiger partial charge in [0, 0.05) is 11.8 Å². The Hall–Kier alpha value is -0.610.